The zero-order valence-corrected chi connectivity index (χ0v) is 14.3. The lowest BCUT2D eigenvalue weighted by molar-refractivity contribution is -0.135. The van der Waals surface area contributed by atoms with Crippen LogP contribution in [0.1, 0.15) is 43.5 Å². The molecule has 0 unspecified atom stereocenters. The van der Waals surface area contributed by atoms with Crippen molar-refractivity contribution in [3.8, 4) is 0 Å². The molecule has 1 aromatic carbocycles. The molecule has 8 nitrogen and oxygen atoms in total. The molecule has 4 N–H and O–H groups in total. The van der Waals surface area contributed by atoms with Crippen molar-refractivity contribution in [3.63, 3.8) is 0 Å². The van der Waals surface area contributed by atoms with Gasteiger partial charge in [0.2, 0.25) is 11.8 Å². The van der Waals surface area contributed by atoms with Gasteiger partial charge in [0.15, 0.2) is 0 Å². The summed E-state index contributed by atoms with van der Waals surface area (Å²) in [5, 5.41) is 16.2. The van der Waals surface area contributed by atoms with E-state index in [0.29, 0.717) is 17.7 Å². The summed E-state index contributed by atoms with van der Waals surface area (Å²) in [6.45, 7) is 3.29. The number of hydrogen-bond donors (Lipinski definition) is 4. The van der Waals surface area contributed by atoms with Gasteiger partial charge < -0.3 is 21.1 Å². The summed E-state index contributed by atoms with van der Waals surface area (Å²) in [4.78, 5) is 45.4. The van der Waals surface area contributed by atoms with Gasteiger partial charge >= 0.3 is 5.97 Å². The number of anilines is 1. The minimum absolute atomic E-state index is 0.0764. The van der Waals surface area contributed by atoms with E-state index in [1.165, 1.54) is 12.1 Å². The highest BCUT2D eigenvalue weighted by atomic mass is 16.4. The molecule has 0 heterocycles. The van der Waals surface area contributed by atoms with Crippen molar-refractivity contribution in [3.05, 3.63) is 29.8 Å². The fourth-order valence-corrected chi connectivity index (χ4v) is 1.99. The molecular formula is C17H23N3O5. The van der Waals surface area contributed by atoms with E-state index in [4.69, 9.17) is 5.11 Å². The molecule has 0 aliphatic carbocycles. The van der Waals surface area contributed by atoms with Crippen molar-refractivity contribution < 1.29 is 24.3 Å². The van der Waals surface area contributed by atoms with Crippen LogP contribution in [0.25, 0.3) is 0 Å². The highest BCUT2D eigenvalue weighted by molar-refractivity contribution is 5.97. The molecular weight excluding hydrogens is 326 g/mol. The molecule has 0 fully saturated rings. The molecule has 0 aliphatic heterocycles. The largest absolute Gasteiger partial charge is 0.480 e. The fourth-order valence-electron chi connectivity index (χ4n) is 1.99. The Hall–Kier alpha value is -2.90. The van der Waals surface area contributed by atoms with Crippen molar-refractivity contribution in [2.45, 2.75) is 39.2 Å². The molecule has 0 bridgehead atoms. The number of carbonyl (C=O) groups is 4. The molecule has 8 heteroatoms. The maximum atomic E-state index is 11.8. The molecule has 1 aromatic rings. The van der Waals surface area contributed by atoms with E-state index in [1.807, 2.05) is 13.8 Å². The van der Waals surface area contributed by atoms with Gasteiger partial charge in [-0.1, -0.05) is 0 Å². The molecule has 25 heavy (non-hydrogen) atoms. The van der Waals surface area contributed by atoms with E-state index >= 15 is 0 Å². The number of rotatable bonds is 9. The number of nitrogens with one attached hydrogen (secondary N) is 3. The minimum Gasteiger partial charge on any atom is -0.480 e. The van der Waals surface area contributed by atoms with Gasteiger partial charge in [0, 0.05) is 30.1 Å². The first kappa shape index (κ1) is 20.1. The summed E-state index contributed by atoms with van der Waals surface area (Å²) < 4.78 is 0. The number of benzene rings is 1. The van der Waals surface area contributed by atoms with E-state index in [-0.39, 0.29) is 30.7 Å². The van der Waals surface area contributed by atoms with Crippen LogP contribution in [0.2, 0.25) is 0 Å². The molecule has 0 spiro atoms. The second-order valence-electron chi connectivity index (χ2n) is 5.78. The summed E-state index contributed by atoms with van der Waals surface area (Å²) in [6, 6.07) is 6.16. The third kappa shape index (κ3) is 8.50. The molecule has 0 radical (unpaired) electrons. The van der Waals surface area contributed by atoms with E-state index in [9.17, 15) is 19.2 Å². The molecule has 1 rings (SSSR count). The maximum absolute atomic E-state index is 11.8. The molecule has 0 saturated heterocycles. The summed E-state index contributed by atoms with van der Waals surface area (Å²) >= 11 is 0. The average Bonchev–Trinajstić information content (AvgIpc) is 2.52. The second-order valence-corrected chi connectivity index (χ2v) is 5.78. The SMILES string of the molecule is CC(C)NC(=O)CCCC(=O)Nc1ccc(C(=O)NCC(=O)O)cc1. The molecule has 3 amide bonds. The number of hydrogen-bond acceptors (Lipinski definition) is 4. The van der Waals surface area contributed by atoms with Crippen LogP contribution in [0.3, 0.4) is 0 Å². The molecule has 0 aliphatic rings. The lowest BCUT2D eigenvalue weighted by atomic mass is 10.1. The second kappa shape index (κ2) is 10.1. The number of aliphatic carboxylic acids is 1. The number of carboxylic acids is 1. The Morgan fingerprint density at radius 1 is 1.00 bits per heavy atom. The van der Waals surface area contributed by atoms with Gasteiger partial charge in [-0.3, -0.25) is 19.2 Å². The van der Waals surface area contributed by atoms with Crippen LogP contribution >= 0.6 is 0 Å². The van der Waals surface area contributed by atoms with Crippen LogP contribution < -0.4 is 16.0 Å². The predicted molar refractivity (Wildman–Crippen MR) is 92.2 cm³/mol. The van der Waals surface area contributed by atoms with Crippen molar-refractivity contribution in [1.29, 1.82) is 0 Å². The third-order valence-electron chi connectivity index (χ3n) is 3.09. The highest BCUT2D eigenvalue weighted by Gasteiger charge is 2.09. The van der Waals surface area contributed by atoms with Crippen LogP contribution in [-0.4, -0.2) is 41.4 Å². The number of amides is 3. The summed E-state index contributed by atoms with van der Waals surface area (Å²) in [5.74, 6) is -1.93. The summed E-state index contributed by atoms with van der Waals surface area (Å²) in [6.07, 6.45) is 0.945. The standard InChI is InChI=1S/C17H23N3O5/c1-11(2)19-14(21)4-3-5-15(22)20-13-8-6-12(7-9-13)17(25)18-10-16(23)24/h6-9,11H,3-5,10H2,1-2H3,(H,18,25)(H,19,21)(H,20,22)(H,23,24). The van der Waals surface area contributed by atoms with Crippen LogP contribution in [0.5, 0.6) is 0 Å². The summed E-state index contributed by atoms with van der Waals surface area (Å²) in [7, 11) is 0. The van der Waals surface area contributed by atoms with Gasteiger partial charge in [0.05, 0.1) is 0 Å². The van der Waals surface area contributed by atoms with Crippen molar-refractivity contribution in [1.82, 2.24) is 10.6 Å². The minimum atomic E-state index is -1.13. The Labute approximate surface area is 146 Å². The quantitative estimate of drug-likeness (QED) is 0.532. The Morgan fingerprint density at radius 3 is 2.16 bits per heavy atom. The van der Waals surface area contributed by atoms with Gasteiger partial charge in [-0.2, -0.15) is 0 Å². The number of carboxylic acid groups (broad SMARTS) is 1. The summed E-state index contributed by atoms with van der Waals surface area (Å²) in [5.41, 5.74) is 0.816. The van der Waals surface area contributed by atoms with Crippen LogP contribution in [0.4, 0.5) is 5.69 Å². The van der Waals surface area contributed by atoms with E-state index in [0.717, 1.165) is 0 Å². The Balaban J connectivity index is 2.39. The first-order valence-electron chi connectivity index (χ1n) is 7.97. The molecule has 0 saturated carbocycles. The first-order chi connectivity index (χ1) is 11.8. The first-order valence-corrected chi connectivity index (χ1v) is 7.97. The Bertz CT molecular complexity index is 626. The zero-order valence-electron chi connectivity index (χ0n) is 14.3. The Morgan fingerprint density at radius 2 is 1.60 bits per heavy atom. The lowest BCUT2D eigenvalue weighted by Crippen LogP contribution is -2.30. The number of carbonyl (C=O) groups excluding carboxylic acids is 3. The van der Waals surface area contributed by atoms with E-state index < -0.39 is 18.4 Å². The van der Waals surface area contributed by atoms with Gasteiger partial charge in [0.1, 0.15) is 6.54 Å². The van der Waals surface area contributed by atoms with Crippen LogP contribution in [0.15, 0.2) is 24.3 Å². The normalized spacial score (nSPS) is 10.2. The van der Waals surface area contributed by atoms with Gasteiger partial charge in [-0.15, -0.1) is 0 Å². The average molecular weight is 349 g/mol. The lowest BCUT2D eigenvalue weighted by Gasteiger charge is -2.08. The van der Waals surface area contributed by atoms with Crippen LogP contribution in [-0.2, 0) is 14.4 Å². The zero-order chi connectivity index (χ0) is 18.8. The van der Waals surface area contributed by atoms with E-state index in [1.54, 1.807) is 12.1 Å². The van der Waals surface area contributed by atoms with Crippen LogP contribution in [0, 0.1) is 0 Å². The molecule has 136 valence electrons. The van der Waals surface area contributed by atoms with Crippen molar-refractivity contribution in [2.75, 3.05) is 11.9 Å². The topological polar surface area (TPSA) is 125 Å². The van der Waals surface area contributed by atoms with Crippen molar-refractivity contribution >= 4 is 29.4 Å². The van der Waals surface area contributed by atoms with Gasteiger partial charge in [-0.25, -0.2) is 0 Å². The maximum Gasteiger partial charge on any atom is 0.322 e. The predicted octanol–water partition coefficient (Wildman–Crippen LogP) is 1.13. The molecule has 0 atom stereocenters. The molecule has 0 aromatic heterocycles. The fraction of sp³-hybridized carbons (Fsp3) is 0.412. The smallest absolute Gasteiger partial charge is 0.322 e. The van der Waals surface area contributed by atoms with Gasteiger partial charge in [-0.05, 0) is 44.5 Å². The monoisotopic (exact) mass is 349 g/mol. The van der Waals surface area contributed by atoms with E-state index in [2.05, 4.69) is 16.0 Å². The highest BCUT2D eigenvalue weighted by Crippen LogP contribution is 2.10. The third-order valence-corrected chi connectivity index (χ3v) is 3.09. The van der Waals surface area contributed by atoms with Gasteiger partial charge in [0.25, 0.3) is 5.91 Å². The van der Waals surface area contributed by atoms with Crippen molar-refractivity contribution in [2.24, 2.45) is 0 Å². The Kier molecular flexibility index (Phi) is 8.11.